The van der Waals surface area contributed by atoms with Crippen molar-refractivity contribution in [3.05, 3.63) is 40.4 Å². The van der Waals surface area contributed by atoms with Gasteiger partial charge in [-0.2, -0.15) is 0 Å². The summed E-state index contributed by atoms with van der Waals surface area (Å²) in [6.45, 7) is 1.70. The van der Waals surface area contributed by atoms with Crippen molar-refractivity contribution in [3.63, 3.8) is 0 Å². The molecule has 0 aliphatic heterocycles. The molecule has 82 valence electrons. The molecule has 0 bridgehead atoms. The molecule has 16 heavy (non-hydrogen) atoms. The van der Waals surface area contributed by atoms with E-state index in [0.29, 0.717) is 17.7 Å². The van der Waals surface area contributed by atoms with Crippen LogP contribution in [0, 0.1) is 12.7 Å². The van der Waals surface area contributed by atoms with Gasteiger partial charge in [0.1, 0.15) is 11.5 Å². The molecule has 1 heterocycles. The summed E-state index contributed by atoms with van der Waals surface area (Å²) in [6.07, 6.45) is 0.615. The summed E-state index contributed by atoms with van der Waals surface area (Å²) in [4.78, 5) is 10.6. The minimum atomic E-state index is -0.501. The Morgan fingerprint density at radius 1 is 1.50 bits per heavy atom. The summed E-state index contributed by atoms with van der Waals surface area (Å²) >= 11 is 5.65. The lowest BCUT2D eigenvalue weighted by atomic mass is 10.3. The Bertz CT molecular complexity index is 553. The minimum Gasteiger partial charge on any atom is -0.296 e. The normalized spacial score (nSPS) is 10.4. The summed E-state index contributed by atoms with van der Waals surface area (Å²) in [7, 11) is 0. The monoisotopic (exact) mass is 239 g/mol. The SMILES string of the molecule is Cc1c(C=O)nnn1-c1ccc(F)c(Cl)c1. The standard InChI is InChI=1S/C10H7ClFN3O/c1-6-10(5-16)13-14-15(6)7-2-3-9(12)8(11)4-7/h2-5H,1H3. The van der Waals surface area contributed by atoms with Crippen molar-refractivity contribution in [2.45, 2.75) is 6.92 Å². The smallest absolute Gasteiger partial charge is 0.172 e. The van der Waals surface area contributed by atoms with Crippen LogP contribution in [0.1, 0.15) is 16.2 Å². The molecule has 0 radical (unpaired) electrons. The molecule has 0 unspecified atom stereocenters. The van der Waals surface area contributed by atoms with Crippen molar-refractivity contribution in [3.8, 4) is 5.69 Å². The van der Waals surface area contributed by atoms with Gasteiger partial charge in [-0.25, -0.2) is 9.07 Å². The summed E-state index contributed by atoms with van der Waals surface area (Å²) in [5, 5.41) is 7.45. The van der Waals surface area contributed by atoms with Crippen LogP contribution in [0.25, 0.3) is 5.69 Å². The first kappa shape index (κ1) is 10.8. The first-order valence-electron chi connectivity index (χ1n) is 4.46. The molecule has 0 aliphatic carbocycles. The Hall–Kier alpha value is -1.75. The van der Waals surface area contributed by atoms with Crippen LogP contribution in [0.15, 0.2) is 18.2 Å². The number of hydrogen-bond donors (Lipinski definition) is 0. The van der Waals surface area contributed by atoms with E-state index in [4.69, 9.17) is 11.6 Å². The van der Waals surface area contributed by atoms with Crippen LogP contribution in [-0.2, 0) is 0 Å². The van der Waals surface area contributed by atoms with Crippen LogP contribution in [0.4, 0.5) is 4.39 Å². The molecule has 1 aromatic carbocycles. The lowest BCUT2D eigenvalue weighted by Gasteiger charge is -2.03. The Labute approximate surface area is 95.6 Å². The molecule has 0 amide bonds. The third-order valence-electron chi connectivity index (χ3n) is 2.19. The zero-order valence-corrected chi connectivity index (χ0v) is 9.07. The van der Waals surface area contributed by atoms with Gasteiger partial charge in [0.05, 0.1) is 16.4 Å². The van der Waals surface area contributed by atoms with Crippen LogP contribution in [-0.4, -0.2) is 21.3 Å². The van der Waals surface area contributed by atoms with E-state index < -0.39 is 5.82 Å². The molecule has 0 spiro atoms. The van der Waals surface area contributed by atoms with Gasteiger partial charge in [-0.15, -0.1) is 5.10 Å². The Morgan fingerprint density at radius 2 is 2.25 bits per heavy atom. The summed E-state index contributed by atoms with van der Waals surface area (Å²) in [5.41, 5.74) is 1.39. The number of aldehydes is 1. The average molecular weight is 240 g/mol. The van der Waals surface area contributed by atoms with Gasteiger partial charge in [-0.05, 0) is 25.1 Å². The largest absolute Gasteiger partial charge is 0.296 e. The highest BCUT2D eigenvalue weighted by Gasteiger charge is 2.10. The van der Waals surface area contributed by atoms with Crippen LogP contribution >= 0.6 is 11.6 Å². The van der Waals surface area contributed by atoms with E-state index in [9.17, 15) is 9.18 Å². The molecule has 0 N–H and O–H groups in total. The number of rotatable bonds is 2. The zero-order valence-electron chi connectivity index (χ0n) is 8.32. The van der Waals surface area contributed by atoms with Crippen LogP contribution in [0.3, 0.4) is 0 Å². The molecule has 4 nitrogen and oxygen atoms in total. The quantitative estimate of drug-likeness (QED) is 0.755. The molecule has 0 atom stereocenters. The number of aromatic nitrogens is 3. The maximum Gasteiger partial charge on any atom is 0.172 e. The average Bonchev–Trinajstić information content (AvgIpc) is 2.64. The van der Waals surface area contributed by atoms with Crippen LogP contribution in [0.5, 0.6) is 0 Å². The molecule has 0 saturated heterocycles. The summed E-state index contributed by atoms with van der Waals surface area (Å²) < 4.78 is 14.4. The maximum absolute atomic E-state index is 13.0. The second-order valence-electron chi connectivity index (χ2n) is 3.19. The van der Waals surface area contributed by atoms with E-state index in [-0.39, 0.29) is 10.7 Å². The van der Waals surface area contributed by atoms with E-state index in [0.717, 1.165) is 0 Å². The van der Waals surface area contributed by atoms with Crippen LogP contribution < -0.4 is 0 Å². The first-order valence-corrected chi connectivity index (χ1v) is 4.84. The van der Waals surface area contributed by atoms with E-state index in [2.05, 4.69) is 10.3 Å². The highest BCUT2D eigenvalue weighted by Crippen LogP contribution is 2.19. The number of nitrogens with zero attached hydrogens (tertiary/aromatic N) is 3. The van der Waals surface area contributed by atoms with Crippen molar-refractivity contribution in [2.24, 2.45) is 0 Å². The van der Waals surface area contributed by atoms with Crippen molar-refractivity contribution >= 4 is 17.9 Å². The van der Waals surface area contributed by atoms with Gasteiger partial charge in [-0.3, -0.25) is 4.79 Å². The highest BCUT2D eigenvalue weighted by atomic mass is 35.5. The lowest BCUT2D eigenvalue weighted by molar-refractivity contribution is 0.111. The molecule has 0 saturated carbocycles. The highest BCUT2D eigenvalue weighted by molar-refractivity contribution is 6.30. The van der Waals surface area contributed by atoms with Crippen molar-refractivity contribution < 1.29 is 9.18 Å². The number of carbonyl (C=O) groups excluding carboxylic acids is 1. The number of hydrogen-bond acceptors (Lipinski definition) is 3. The zero-order chi connectivity index (χ0) is 11.7. The van der Waals surface area contributed by atoms with Gasteiger partial charge < -0.3 is 0 Å². The van der Waals surface area contributed by atoms with Gasteiger partial charge >= 0.3 is 0 Å². The van der Waals surface area contributed by atoms with E-state index in [1.807, 2.05) is 0 Å². The molecule has 2 rings (SSSR count). The maximum atomic E-state index is 13.0. The molecule has 1 aromatic heterocycles. The van der Waals surface area contributed by atoms with E-state index in [1.165, 1.54) is 22.9 Å². The molecule has 6 heteroatoms. The molecular weight excluding hydrogens is 233 g/mol. The Balaban J connectivity index is 2.54. The van der Waals surface area contributed by atoms with Crippen molar-refractivity contribution in [1.82, 2.24) is 15.0 Å². The number of halogens is 2. The molecule has 0 fully saturated rings. The minimum absolute atomic E-state index is 0.0000491. The second-order valence-corrected chi connectivity index (χ2v) is 3.60. The van der Waals surface area contributed by atoms with Gasteiger partial charge in [0.25, 0.3) is 0 Å². The first-order chi connectivity index (χ1) is 7.63. The second kappa shape index (κ2) is 4.02. The predicted molar refractivity (Wildman–Crippen MR) is 56.5 cm³/mol. The van der Waals surface area contributed by atoms with Gasteiger partial charge in [-0.1, -0.05) is 16.8 Å². The molecule has 2 aromatic rings. The lowest BCUT2D eigenvalue weighted by Crippen LogP contribution is -1.99. The number of carbonyl (C=O) groups is 1. The van der Waals surface area contributed by atoms with E-state index in [1.54, 1.807) is 6.92 Å². The van der Waals surface area contributed by atoms with Gasteiger partial charge in [0, 0.05) is 0 Å². The predicted octanol–water partition coefficient (Wildman–Crippen LogP) is 2.18. The fraction of sp³-hybridized carbons (Fsp3) is 0.100. The Kier molecular flexibility index (Phi) is 2.70. The fourth-order valence-electron chi connectivity index (χ4n) is 1.31. The fourth-order valence-corrected chi connectivity index (χ4v) is 1.49. The third-order valence-corrected chi connectivity index (χ3v) is 2.48. The van der Waals surface area contributed by atoms with E-state index >= 15 is 0 Å². The van der Waals surface area contributed by atoms with Crippen LogP contribution in [0.2, 0.25) is 5.02 Å². The van der Waals surface area contributed by atoms with Gasteiger partial charge in [0.15, 0.2) is 6.29 Å². The van der Waals surface area contributed by atoms with Crippen molar-refractivity contribution in [1.29, 1.82) is 0 Å². The van der Waals surface area contributed by atoms with Crippen molar-refractivity contribution in [2.75, 3.05) is 0 Å². The topological polar surface area (TPSA) is 47.8 Å². The number of benzene rings is 1. The third kappa shape index (κ3) is 1.69. The molecular formula is C10H7ClFN3O. The summed E-state index contributed by atoms with van der Waals surface area (Å²) in [6, 6.07) is 4.17. The summed E-state index contributed by atoms with van der Waals surface area (Å²) in [5.74, 6) is -0.501. The van der Waals surface area contributed by atoms with Gasteiger partial charge in [0.2, 0.25) is 0 Å². The molecule has 0 aliphatic rings. The Morgan fingerprint density at radius 3 is 2.81 bits per heavy atom.